The highest BCUT2D eigenvalue weighted by atomic mass is 16.6. The maximum Gasteiger partial charge on any atom is 0.319 e. The molecule has 0 aliphatic heterocycles. The molecular formula is C24H33N7O4. The number of nitrogens with zero attached hydrogens (tertiary/aromatic N) is 4. The van der Waals surface area contributed by atoms with E-state index in [-0.39, 0.29) is 23.5 Å². The Hall–Kier alpha value is -3.63. The minimum atomic E-state index is -0.542. The quantitative estimate of drug-likeness (QED) is 0.399. The van der Waals surface area contributed by atoms with Gasteiger partial charge in [-0.15, -0.1) is 0 Å². The van der Waals surface area contributed by atoms with Gasteiger partial charge in [-0.25, -0.2) is 9.78 Å². The Morgan fingerprint density at radius 3 is 2.51 bits per heavy atom. The lowest BCUT2D eigenvalue weighted by Crippen LogP contribution is -2.42. The van der Waals surface area contributed by atoms with Crippen LogP contribution in [0, 0.1) is 10.1 Å². The number of aromatic nitrogens is 2. The summed E-state index contributed by atoms with van der Waals surface area (Å²) in [7, 11) is 5.47. The van der Waals surface area contributed by atoms with Gasteiger partial charge in [-0.05, 0) is 63.5 Å². The number of nitro groups is 1. The first-order valence-corrected chi connectivity index (χ1v) is 12.1. The Balaban J connectivity index is 1.32. The third-order valence-electron chi connectivity index (χ3n) is 6.63. The number of benzene rings is 1. The van der Waals surface area contributed by atoms with Gasteiger partial charge in [0, 0.05) is 31.7 Å². The van der Waals surface area contributed by atoms with E-state index in [2.05, 4.69) is 20.9 Å². The molecule has 35 heavy (non-hydrogen) atoms. The fraction of sp³-hybridized carbons (Fsp3) is 0.542. The lowest BCUT2D eigenvalue weighted by atomic mass is 9.91. The molecule has 11 nitrogen and oxygen atoms in total. The average Bonchev–Trinajstić information content (AvgIpc) is 2.84. The van der Waals surface area contributed by atoms with Gasteiger partial charge in [-0.3, -0.25) is 10.1 Å². The van der Waals surface area contributed by atoms with E-state index in [0.29, 0.717) is 11.7 Å². The van der Waals surface area contributed by atoms with Crippen LogP contribution in [0.1, 0.15) is 49.8 Å². The lowest BCUT2D eigenvalue weighted by molar-refractivity contribution is -0.384. The van der Waals surface area contributed by atoms with Crippen molar-refractivity contribution < 1.29 is 14.5 Å². The highest BCUT2D eigenvalue weighted by molar-refractivity contribution is 5.92. The third-order valence-corrected chi connectivity index (χ3v) is 6.63. The van der Waals surface area contributed by atoms with Gasteiger partial charge in [0.15, 0.2) is 0 Å². The number of nitrogens with one attached hydrogen (secondary N) is 3. The summed E-state index contributed by atoms with van der Waals surface area (Å²) in [5.74, 6) is 2.03. The first-order valence-electron chi connectivity index (χ1n) is 12.1. The average molecular weight is 484 g/mol. The highest BCUT2D eigenvalue weighted by Crippen LogP contribution is 2.30. The number of methoxy groups -OCH3 is 1. The van der Waals surface area contributed by atoms with Crippen LogP contribution in [-0.4, -0.2) is 54.2 Å². The van der Waals surface area contributed by atoms with Gasteiger partial charge in [0.25, 0.3) is 5.69 Å². The number of aryl methyl sites for hydroxylation is 1. The Morgan fingerprint density at radius 2 is 1.83 bits per heavy atom. The van der Waals surface area contributed by atoms with Gasteiger partial charge in [0.05, 0.1) is 23.8 Å². The summed E-state index contributed by atoms with van der Waals surface area (Å²) in [5.41, 5.74) is 2.33. The van der Waals surface area contributed by atoms with Crippen molar-refractivity contribution in [2.45, 2.75) is 63.5 Å². The van der Waals surface area contributed by atoms with Crippen LogP contribution in [0.15, 0.2) is 18.2 Å². The summed E-state index contributed by atoms with van der Waals surface area (Å²) in [4.78, 5) is 35.0. The SMILES string of the molecule is COc1ccc(NC(=O)N[C@H]2CC[C@@H](Nc3nc4c(c(N(C)C)n3)CCCC4)CC2)c([N+](=O)[O-])c1. The van der Waals surface area contributed by atoms with E-state index in [1.54, 1.807) is 6.07 Å². The smallest absolute Gasteiger partial charge is 0.319 e. The zero-order chi connectivity index (χ0) is 24.9. The van der Waals surface area contributed by atoms with E-state index in [4.69, 9.17) is 14.7 Å². The predicted octanol–water partition coefficient (Wildman–Crippen LogP) is 3.88. The summed E-state index contributed by atoms with van der Waals surface area (Å²) in [6, 6.07) is 4.10. The van der Waals surface area contributed by atoms with Crippen LogP contribution < -0.4 is 25.6 Å². The van der Waals surface area contributed by atoms with E-state index in [0.717, 1.165) is 56.5 Å². The Morgan fingerprint density at radius 1 is 1.11 bits per heavy atom. The molecule has 4 rings (SSSR count). The van der Waals surface area contributed by atoms with Gasteiger partial charge in [0.2, 0.25) is 5.95 Å². The van der Waals surface area contributed by atoms with Gasteiger partial charge in [-0.1, -0.05) is 0 Å². The fourth-order valence-corrected chi connectivity index (χ4v) is 4.81. The van der Waals surface area contributed by atoms with Crippen LogP contribution in [-0.2, 0) is 12.8 Å². The number of carbonyl (C=O) groups excluding carboxylic acids is 1. The first-order chi connectivity index (χ1) is 16.8. The van der Waals surface area contributed by atoms with Crippen LogP contribution in [0.4, 0.5) is 27.9 Å². The second kappa shape index (κ2) is 10.7. The number of hydrogen-bond donors (Lipinski definition) is 3. The number of fused-ring (bicyclic) bond motifs is 1. The Bertz CT molecular complexity index is 1080. The van der Waals surface area contributed by atoms with Crippen LogP contribution in [0.2, 0.25) is 0 Å². The van der Waals surface area contributed by atoms with Crippen molar-refractivity contribution in [1.29, 1.82) is 0 Å². The molecule has 2 aliphatic carbocycles. The molecule has 1 aromatic heterocycles. The fourth-order valence-electron chi connectivity index (χ4n) is 4.81. The molecule has 0 unspecified atom stereocenters. The molecule has 0 radical (unpaired) electrons. The molecular weight excluding hydrogens is 450 g/mol. The number of hydrogen-bond acceptors (Lipinski definition) is 8. The van der Waals surface area contributed by atoms with Crippen LogP contribution >= 0.6 is 0 Å². The molecule has 1 aromatic carbocycles. The number of ether oxygens (including phenoxy) is 1. The molecule has 0 spiro atoms. The van der Waals surface area contributed by atoms with Crippen LogP contribution in [0.3, 0.4) is 0 Å². The molecule has 2 aliphatic rings. The lowest BCUT2D eigenvalue weighted by Gasteiger charge is -2.30. The molecule has 1 fully saturated rings. The number of carbonyl (C=O) groups is 1. The normalized spacial score (nSPS) is 19.3. The zero-order valence-electron chi connectivity index (χ0n) is 20.5. The second-order valence-electron chi connectivity index (χ2n) is 9.33. The molecule has 1 heterocycles. The number of rotatable bonds is 7. The molecule has 3 N–H and O–H groups in total. The Kier molecular flexibility index (Phi) is 7.52. The Labute approximate surface area is 204 Å². The number of anilines is 3. The summed E-state index contributed by atoms with van der Waals surface area (Å²) < 4.78 is 5.03. The third kappa shape index (κ3) is 5.90. The van der Waals surface area contributed by atoms with Crippen molar-refractivity contribution in [3.05, 3.63) is 39.6 Å². The maximum atomic E-state index is 12.5. The molecule has 188 valence electrons. The van der Waals surface area contributed by atoms with E-state index in [9.17, 15) is 14.9 Å². The zero-order valence-corrected chi connectivity index (χ0v) is 20.5. The van der Waals surface area contributed by atoms with Crippen molar-refractivity contribution in [1.82, 2.24) is 15.3 Å². The molecule has 0 bridgehead atoms. The molecule has 0 saturated heterocycles. The van der Waals surface area contributed by atoms with Crippen molar-refractivity contribution in [3.8, 4) is 5.75 Å². The van der Waals surface area contributed by atoms with Gasteiger partial charge < -0.3 is 25.6 Å². The predicted molar refractivity (Wildman–Crippen MR) is 134 cm³/mol. The van der Waals surface area contributed by atoms with Crippen molar-refractivity contribution in [2.75, 3.05) is 36.7 Å². The van der Waals surface area contributed by atoms with Gasteiger partial charge in [0.1, 0.15) is 17.3 Å². The minimum Gasteiger partial charge on any atom is -0.496 e. The van der Waals surface area contributed by atoms with E-state index >= 15 is 0 Å². The number of urea groups is 1. The molecule has 1 saturated carbocycles. The minimum absolute atomic E-state index is 0.00728. The standard InChI is InChI=1S/C24H33N7O4/c1-30(2)22-18-6-4-5-7-19(18)27-23(29-22)25-15-8-10-16(11-9-15)26-24(32)28-20-13-12-17(35-3)14-21(20)31(33)34/h12-16H,4-11H2,1-3H3,(H,25,27,29)(H2,26,28,32)/t15-,16+. The van der Waals surface area contributed by atoms with E-state index in [1.165, 1.54) is 31.2 Å². The molecule has 2 amide bonds. The van der Waals surface area contributed by atoms with Crippen LogP contribution in [0.25, 0.3) is 0 Å². The summed E-state index contributed by atoms with van der Waals surface area (Å²) in [6.45, 7) is 0. The summed E-state index contributed by atoms with van der Waals surface area (Å²) >= 11 is 0. The molecule has 11 heteroatoms. The van der Waals surface area contributed by atoms with Crippen LogP contribution in [0.5, 0.6) is 5.75 Å². The summed E-state index contributed by atoms with van der Waals surface area (Å²) in [6.07, 6.45) is 7.68. The molecule has 0 atom stereocenters. The highest BCUT2D eigenvalue weighted by Gasteiger charge is 2.25. The maximum absolute atomic E-state index is 12.5. The largest absolute Gasteiger partial charge is 0.496 e. The van der Waals surface area contributed by atoms with E-state index < -0.39 is 11.0 Å². The summed E-state index contributed by atoms with van der Waals surface area (Å²) in [5, 5.41) is 20.4. The monoisotopic (exact) mass is 483 g/mol. The number of nitro benzene ring substituents is 1. The van der Waals surface area contributed by atoms with Crippen molar-refractivity contribution >= 4 is 29.2 Å². The second-order valence-corrected chi connectivity index (χ2v) is 9.33. The van der Waals surface area contributed by atoms with Crippen molar-refractivity contribution in [2.24, 2.45) is 0 Å². The molecule has 2 aromatic rings. The number of amides is 2. The topological polar surface area (TPSA) is 135 Å². The first kappa shape index (κ1) is 24.5. The van der Waals surface area contributed by atoms with Crippen molar-refractivity contribution in [3.63, 3.8) is 0 Å². The van der Waals surface area contributed by atoms with Gasteiger partial charge in [-0.2, -0.15) is 4.98 Å². The van der Waals surface area contributed by atoms with Gasteiger partial charge >= 0.3 is 6.03 Å². The van der Waals surface area contributed by atoms with E-state index in [1.807, 2.05) is 14.1 Å².